The molecule has 0 fully saturated rings. The lowest BCUT2D eigenvalue weighted by molar-refractivity contribution is -0.126. The predicted octanol–water partition coefficient (Wildman–Crippen LogP) is 2.73. The topological polar surface area (TPSA) is 67.9 Å². The van der Waals surface area contributed by atoms with Crippen LogP contribution in [0.15, 0.2) is 42.5 Å². The first-order valence-corrected chi connectivity index (χ1v) is 9.47. The fourth-order valence-electron chi connectivity index (χ4n) is 3.57. The third kappa shape index (κ3) is 3.96. The highest BCUT2D eigenvalue weighted by Gasteiger charge is 2.37. The summed E-state index contributed by atoms with van der Waals surface area (Å²) in [6.07, 6.45) is 1.53. The van der Waals surface area contributed by atoms with Crippen LogP contribution in [0.4, 0.5) is 5.69 Å². The van der Waals surface area contributed by atoms with E-state index in [9.17, 15) is 9.59 Å². The third-order valence-electron chi connectivity index (χ3n) is 5.04. The van der Waals surface area contributed by atoms with Gasteiger partial charge in [-0.15, -0.1) is 0 Å². The molecular weight excluding hydrogens is 356 g/mol. The van der Waals surface area contributed by atoms with Gasteiger partial charge in [0.1, 0.15) is 17.5 Å². The van der Waals surface area contributed by atoms with Crippen molar-refractivity contribution in [3.05, 3.63) is 53.6 Å². The molecule has 2 aromatic rings. The highest BCUT2D eigenvalue weighted by atomic mass is 16.5. The summed E-state index contributed by atoms with van der Waals surface area (Å²) in [6.45, 7) is 2.27. The largest absolute Gasteiger partial charge is 0.497 e. The molecule has 1 atom stereocenters. The van der Waals surface area contributed by atoms with Gasteiger partial charge in [-0.1, -0.05) is 31.2 Å². The van der Waals surface area contributed by atoms with Gasteiger partial charge in [-0.3, -0.25) is 14.5 Å². The van der Waals surface area contributed by atoms with Crippen LogP contribution in [0.1, 0.15) is 24.5 Å². The van der Waals surface area contributed by atoms with Crippen molar-refractivity contribution in [2.24, 2.45) is 0 Å². The number of hydrogen-bond acceptors (Lipinski definition) is 4. The SMILES string of the molecule is CCC(=O)N1c2ccccc2C[C@@H]1C(=O)NCCc1ccc(OC)cc1OC. The molecule has 0 spiro atoms. The monoisotopic (exact) mass is 382 g/mol. The van der Waals surface area contributed by atoms with Gasteiger partial charge < -0.3 is 14.8 Å². The van der Waals surface area contributed by atoms with Crippen molar-refractivity contribution >= 4 is 17.5 Å². The quantitative estimate of drug-likeness (QED) is 0.800. The van der Waals surface area contributed by atoms with Gasteiger partial charge in [-0.05, 0) is 29.7 Å². The highest BCUT2D eigenvalue weighted by molar-refractivity contribution is 6.03. The van der Waals surface area contributed by atoms with Gasteiger partial charge in [-0.2, -0.15) is 0 Å². The summed E-state index contributed by atoms with van der Waals surface area (Å²) in [4.78, 5) is 26.9. The number of nitrogens with zero attached hydrogens (tertiary/aromatic N) is 1. The second-order valence-corrected chi connectivity index (χ2v) is 6.68. The third-order valence-corrected chi connectivity index (χ3v) is 5.04. The minimum absolute atomic E-state index is 0.0399. The molecule has 2 amide bonds. The Morgan fingerprint density at radius 1 is 1.14 bits per heavy atom. The standard InChI is InChI=1S/C22H26N2O4/c1-4-21(25)24-18-8-6-5-7-16(18)13-19(24)22(26)23-12-11-15-9-10-17(27-2)14-20(15)28-3/h5-10,14,19H,4,11-13H2,1-3H3,(H,23,26)/t19-/m1/s1. The Labute approximate surface area is 165 Å². The number of hydrogen-bond donors (Lipinski definition) is 1. The van der Waals surface area contributed by atoms with Gasteiger partial charge in [0.2, 0.25) is 11.8 Å². The Morgan fingerprint density at radius 3 is 2.64 bits per heavy atom. The fraction of sp³-hybridized carbons (Fsp3) is 0.364. The molecule has 1 aliphatic heterocycles. The molecule has 148 valence electrons. The number of ether oxygens (including phenoxy) is 2. The number of benzene rings is 2. The summed E-state index contributed by atoms with van der Waals surface area (Å²) >= 11 is 0. The number of anilines is 1. The lowest BCUT2D eigenvalue weighted by Gasteiger charge is -2.24. The normalized spacial score (nSPS) is 15.1. The lowest BCUT2D eigenvalue weighted by Crippen LogP contribution is -2.48. The molecule has 6 nitrogen and oxygen atoms in total. The number of methoxy groups -OCH3 is 2. The fourth-order valence-corrected chi connectivity index (χ4v) is 3.57. The minimum atomic E-state index is -0.498. The maximum absolute atomic E-state index is 12.8. The van der Waals surface area contributed by atoms with Crippen molar-refractivity contribution in [2.75, 3.05) is 25.7 Å². The number of fused-ring (bicyclic) bond motifs is 1. The van der Waals surface area contributed by atoms with Crippen molar-refractivity contribution in [1.29, 1.82) is 0 Å². The molecule has 1 heterocycles. The maximum atomic E-state index is 12.8. The summed E-state index contributed by atoms with van der Waals surface area (Å²) < 4.78 is 10.6. The second kappa shape index (κ2) is 8.78. The molecule has 0 saturated heterocycles. The van der Waals surface area contributed by atoms with Gasteiger partial charge in [-0.25, -0.2) is 0 Å². The van der Waals surface area contributed by atoms with Gasteiger partial charge in [0.05, 0.1) is 14.2 Å². The van der Waals surface area contributed by atoms with Crippen LogP contribution in [-0.4, -0.2) is 38.6 Å². The predicted molar refractivity (Wildman–Crippen MR) is 108 cm³/mol. The van der Waals surface area contributed by atoms with E-state index in [0.29, 0.717) is 25.8 Å². The Kier molecular flexibility index (Phi) is 6.19. The zero-order valence-electron chi connectivity index (χ0n) is 16.5. The van der Waals surface area contributed by atoms with E-state index in [1.807, 2.05) is 49.4 Å². The van der Waals surface area contributed by atoms with Crippen LogP contribution >= 0.6 is 0 Å². The number of nitrogens with one attached hydrogen (secondary N) is 1. The molecule has 1 N–H and O–H groups in total. The molecule has 0 aromatic heterocycles. The first kappa shape index (κ1) is 19.7. The zero-order chi connectivity index (χ0) is 20.1. The first-order valence-electron chi connectivity index (χ1n) is 9.47. The molecule has 0 unspecified atom stereocenters. The van der Waals surface area contributed by atoms with Crippen molar-refractivity contribution < 1.29 is 19.1 Å². The van der Waals surface area contributed by atoms with Gasteiger partial charge >= 0.3 is 0 Å². The summed E-state index contributed by atoms with van der Waals surface area (Å²) in [7, 11) is 3.22. The van der Waals surface area contributed by atoms with E-state index in [4.69, 9.17) is 9.47 Å². The van der Waals surface area contributed by atoms with E-state index in [2.05, 4.69) is 5.32 Å². The smallest absolute Gasteiger partial charge is 0.243 e. The summed E-state index contributed by atoms with van der Waals surface area (Å²) in [5, 5.41) is 2.98. The average Bonchev–Trinajstić information content (AvgIpc) is 3.13. The molecule has 28 heavy (non-hydrogen) atoms. The molecule has 0 radical (unpaired) electrons. The molecule has 0 aliphatic carbocycles. The van der Waals surface area contributed by atoms with Gasteiger partial charge in [0.15, 0.2) is 0 Å². The summed E-state index contributed by atoms with van der Waals surface area (Å²) in [6, 6.07) is 12.8. The minimum Gasteiger partial charge on any atom is -0.497 e. The van der Waals surface area contributed by atoms with Gasteiger partial charge in [0.25, 0.3) is 0 Å². The maximum Gasteiger partial charge on any atom is 0.243 e. The van der Waals surface area contributed by atoms with Crippen molar-refractivity contribution in [2.45, 2.75) is 32.2 Å². The van der Waals surface area contributed by atoms with Crippen LogP contribution in [0.5, 0.6) is 11.5 Å². The van der Waals surface area contributed by atoms with Crippen molar-refractivity contribution in [1.82, 2.24) is 5.32 Å². The Bertz CT molecular complexity index is 865. The number of para-hydroxylation sites is 1. The Morgan fingerprint density at radius 2 is 1.93 bits per heavy atom. The van der Waals surface area contributed by atoms with Crippen molar-refractivity contribution in [3.8, 4) is 11.5 Å². The van der Waals surface area contributed by atoms with E-state index < -0.39 is 6.04 Å². The zero-order valence-corrected chi connectivity index (χ0v) is 16.5. The van der Waals surface area contributed by atoms with Crippen LogP contribution < -0.4 is 19.7 Å². The van der Waals surface area contributed by atoms with Crippen LogP contribution in [0.2, 0.25) is 0 Å². The molecular formula is C22H26N2O4. The van der Waals surface area contributed by atoms with Crippen molar-refractivity contribution in [3.63, 3.8) is 0 Å². The van der Waals surface area contributed by atoms with E-state index in [0.717, 1.165) is 28.3 Å². The van der Waals surface area contributed by atoms with Crippen LogP contribution in [-0.2, 0) is 22.4 Å². The van der Waals surface area contributed by atoms with E-state index in [1.165, 1.54) is 0 Å². The van der Waals surface area contributed by atoms with E-state index in [1.54, 1.807) is 19.1 Å². The molecule has 0 saturated carbocycles. The summed E-state index contributed by atoms with van der Waals surface area (Å²) in [5.41, 5.74) is 2.85. The molecule has 3 rings (SSSR count). The molecule has 0 bridgehead atoms. The number of carbonyl (C=O) groups is 2. The number of carbonyl (C=O) groups excluding carboxylic acids is 2. The van der Waals surface area contributed by atoms with Gasteiger partial charge in [0, 0.05) is 31.1 Å². The number of rotatable bonds is 7. The van der Waals surface area contributed by atoms with Crippen LogP contribution in [0.3, 0.4) is 0 Å². The second-order valence-electron chi connectivity index (χ2n) is 6.68. The van der Waals surface area contributed by atoms with E-state index >= 15 is 0 Å². The Balaban J connectivity index is 1.66. The number of amides is 2. The Hall–Kier alpha value is -3.02. The highest BCUT2D eigenvalue weighted by Crippen LogP contribution is 2.32. The average molecular weight is 382 g/mol. The first-order chi connectivity index (χ1) is 13.6. The summed E-state index contributed by atoms with van der Waals surface area (Å²) in [5.74, 6) is 1.28. The lowest BCUT2D eigenvalue weighted by atomic mass is 10.1. The van der Waals surface area contributed by atoms with E-state index in [-0.39, 0.29) is 11.8 Å². The molecule has 1 aliphatic rings. The molecule has 2 aromatic carbocycles. The molecule has 6 heteroatoms. The van der Waals surface area contributed by atoms with Crippen LogP contribution in [0.25, 0.3) is 0 Å². The van der Waals surface area contributed by atoms with Crippen LogP contribution in [0, 0.1) is 0 Å².